The highest BCUT2D eigenvalue weighted by Gasteiger charge is 2.07. The van der Waals surface area contributed by atoms with Gasteiger partial charge in [-0.25, -0.2) is 4.79 Å². The van der Waals surface area contributed by atoms with Gasteiger partial charge in [-0.05, 0) is 71.2 Å². The second-order valence-electron chi connectivity index (χ2n) is 5.41. The van der Waals surface area contributed by atoms with Gasteiger partial charge in [-0.1, -0.05) is 18.2 Å². The molecule has 0 spiro atoms. The van der Waals surface area contributed by atoms with Crippen LogP contribution >= 0.6 is 15.9 Å². The maximum atomic E-state index is 10.9. The molecule has 0 aromatic heterocycles. The highest BCUT2D eigenvalue weighted by molar-refractivity contribution is 9.10. The van der Waals surface area contributed by atoms with Gasteiger partial charge in [0.15, 0.2) is 0 Å². The first kappa shape index (κ1) is 17.8. The predicted octanol–water partition coefficient (Wildman–Crippen LogP) is 5.00. The highest BCUT2D eigenvalue weighted by Crippen LogP contribution is 2.28. The van der Waals surface area contributed by atoms with Crippen molar-refractivity contribution in [3.63, 3.8) is 0 Å². The van der Waals surface area contributed by atoms with Crippen molar-refractivity contribution in [3.05, 3.63) is 63.6 Å². The molecule has 1 N–H and O–H groups in total. The van der Waals surface area contributed by atoms with Crippen LogP contribution in [0.5, 0.6) is 5.75 Å². The SMILES string of the molecule is CC(C)Oc1ccc(/C=C(/C#N)c2ccc(C(=O)O)cc2)cc1Br. The van der Waals surface area contributed by atoms with Crippen LogP contribution in [0.3, 0.4) is 0 Å². The van der Waals surface area contributed by atoms with E-state index in [2.05, 4.69) is 22.0 Å². The lowest BCUT2D eigenvalue weighted by atomic mass is 10.0. The van der Waals surface area contributed by atoms with Gasteiger partial charge in [-0.3, -0.25) is 0 Å². The third-order valence-corrected chi connectivity index (χ3v) is 3.81. The van der Waals surface area contributed by atoms with Gasteiger partial charge in [-0.2, -0.15) is 5.26 Å². The van der Waals surface area contributed by atoms with E-state index in [1.165, 1.54) is 12.1 Å². The molecular weight excluding hydrogens is 370 g/mol. The molecule has 0 aliphatic carbocycles. The van der Waals surface area contributed by atoms with Crippen LogP contribution in [0.25, 0.3) is 11.6 Å². The Morgan fingerprint density at radius 2 is 1.83 bits per heavy atom. The van der Waals surface area contributed by atoms with E-state index < -0.39 is 5.97 Å². The molecule has 0 aliphatic rings. The van der Waals surface area contributed by atoms with Crippen molar-refractivity contribution >= 4 is 33.5 Å². The van der Waals surface area contributed by atoms with Gasteiger partial charge in [0.2, 0.25) is 0 Å². The molecule has 5 heteroatoms. The van der Waals surface area contributed by atoms with E-state index in [-0.39, 0.29) is 11.7 Å². The number of allylic oxidation sites excluding steroid dienone is 1. The van der Waals surface area contributed by atoms with E-state index in [1.807, 2.05) is 32.0 Å². The molecule has 0 saturated heterocycles. The quantitative estimate of drug-likeness (QED) is 0.580. The van der Waals surface area contributed by atoms with Crippen LogP contribution < -0.4 is 4.74 Å². The Bertz CT molecular complexity index is 817. The zero-order chi connectivity index (χ0) is 17.7. The predicted molar refractivity (Wildman–Crippen MR) is 96.8 cm³/mol. The monoisotopic (exact) mass is 385 g/mol. The largest absolute Gasteiger partial charge is 0.490 e. The topological polar surface area (TPSA) is 70.3 Å². The summed E-state index contributed by atoms with van der Waals surface area (Å²) in [4.78, 5) is 10.9. The smallest absolute Gasteiger partial charge is 0.335 e. The first-order valence-corrected chi connectivity index (χ1v) is 8.11. The molecule has 0 radical (unpaired) electrons. The first-order chi connectivity index (χ1) is 11.4. The first-order valence-electron chi connectivity index (χ1n) is 7.32. The molecule has 2 rings (SSSR count). The fourth-order valence-electron chi connectivity index (χ4n) is 2.10. The number of nitrogens with zero attached hydrogens (tertiary/aromatic N) is 1. The summed E-state index contributed by atoms with van der Waals surface area (Å²) < 4.78 is 6.47. The molecule has 122 valence electrons. The van der Waals surface area contributed by atoms with E-state index in [0.717, 1.165) is 15.8 Å². The third kappa shape index (κ3) is 4.46. The molecule has 2 aromatic carbocycles. The fraction of sp³-hybridized carbons (Fsp3) is 0.158. The van der Waals surface area contributed by atoms with E-state index in [4.69, 9.17) is 9.84 Å². The van der Waals surface area contributed by atoms with E-state index >= 15 is 0 Å². The lowest BCUT2D eigenvalue weighted by molar-refractivity contribution is 0.0697. The van der Waals surface area contributed by atoms with Gasteiger partial charge in [0.1, 0.15) is 5.75 Å². The number of ether oxygens (including phenoxy) is 1. The van der Waals surface area contributed by atoms with Gasteiger partial charge in [-0.15, -0.1) is 0 Å². The summed E-state index contributed by atoms with van der Waals surface area (Å²) >= 11 is 3.47. The number of rotatable bonds is 5. The summed E-state index contributed by atoms with van der Waals surface area (Å²) in [7, 11) is 0. The van der Waals surface area contributed by atoms with Crippen LogP contribution in [-0.4, -0.2) is 17.2 Å². The molecule has 0 unspecified atom stereocenters. The molecule has 0 atom stereocenters. The van der Waals surface area contributed by atoms with Crippen molar-refractivity contribution in [2.45, 2.75) is 20.0 Å². The number of halogens is 1. The Kier molecular flexibility index (Phi) is 5.78. The molecule has 0 amide bonds. The molecule has 0 fully saturated rings. The van der Waals surface area contributed by atoms with Gasteiger partial charge in [0.25, 0.3) is 0 Å². The van der Waals surface area contributed by atoms with Crippen molar-refractivity contribution in [1.82, 2.24) is 0 Å². The van der Waals surface area contributed by atoms with E-state index in [9.17, 15) is 10.1 Å². The van der Waals surface area contributed by atoms with E-state index in [1.54, 1.807) is 18.2 Å². The van der Waals surface area contributed by atoms with Crippen molar-refractivity contribution in [2.24, 2.45) is 0 Å². The van der Waals surface area contributed by atoms with Crippen molar-refractivity contribution < 1.29 is 14.6 Å². The van der Waals surface area contributed by atoms with Crippen LogP contribution in [0.1, 0.15) is 35.3 Å². The summed E-state index contributed by atoms with van der Waals surface area (Å²) in [6.45, 7) is 3.91. The van der Waals surface area contributed by atoms with Gasteiger partial charge < -0.3 is 9.84 Å². The minimum absolute atomic E-state index is 0.0742. The van der Waals surface area contributed by atoms with Crippen LogP contribution in [0.15, 0.2) is 46.9 Å². The van der Waals surface area contributed by atoms with Crippen LogP contribution in [-0.2, 0) is 0 Å². The van der Waals surface area contributed by atoms with Gasteiger partial charge >= 0.3 is 5.97 Å². The number of aromatic carboxylic acids is 1. The summed E-state index contributed by atoms with van der Waals surface area (Å²) in [6.07, 6.45) is 1.82. The molecule has 0 saturated carbocycles. The molecular formula is C19H16BrNO3. The van der Waals surface area contributed by atoms with Crippen molar-refractivity contribution in [1.29, 1.82) is 5.26 Å². The zero-order valence-electron chi connectivity index (χ0n) is 13.3. The fourth-order valence-corrected chi connectivity index (χ4v) is 2.59. The number of benzene rings is 2. The Morgan fingerprint density at radius 1 is 1.21 bits per heavy atom. The van der Waals surface area contributed by atoms with Crippen LogP contribution in [0.2, 0.25) is 0 Å². The normalized spacial score (nSPS) is 11.2. The molecule has 0 heterocycles. The zero-order valence-corrected chi connectivity index (χ0v) is 14.9. The average Bonchev–Trinajstić information content (AvgIpc) is 2.55. The molecule has 24 heavy (non-hydrogen) atoms. The number of hydrogen-bond acceptors (Lipinski definition) is 3. The molecule has 0 aliphatic heterocycles. The lowest BCUT2D eigenvalue weighted by Gasteiger charge is -2.11. The second kappa shape index (κ2) is 7.80. The Balaban J connectivity index is 2.32. The summed E-state index contributed by atoms with van der Waals surface area (Å²) in [5, 5.41) is 18.3. The molecule has 0 bridgehead atoms. The number of carboxylic acid groups (broad SMARTS) is 1. The summed E-state index contributed by atoms with van der Waals surface area (Å²) in [5.74, 6) is -0.250. The summed E-state index contributed by atoms with van der Waals surface area (Å²) in [6, 6.07) is 14.0. The maximum Gasteiger partial charge on any atom is 0.335 e. The van der Waals surface area contributed by atoms with E-state index in [0.29, 0.717) is 11.1 Å². The second-order valence-corrected chi connectivity index (χ2v) is 6.26. The maximum absolute atomic E-state index is 10.9. The standard InChI is InChI=1S/C19H16BrNO3/c1-12(2)24-18-8-3-13(10-17(18)20)9-16(11-21)14-4-6-15(7-5-14)19(22)23/h3-10,12H,1-2H3,(H,22,23)/b16-9-. The third-order valence-electron chi connectivity index (χ3n) is 3.19. The van der Waals surface area contributed by atoms with Crippen LogP contribution in [0.4, 0.5) is 0 Å². The Hall–Kier alpha value is -2.58. The van der Waals surface area contributed by atoms with Crippen LogP contribution in [0, 0.1) is 11.3 Å². The molecule has 2 aromatic rings. The number of carboxylic acids is 1. The van der Waals surface area contributed by atoms with Gasteiger partial charge in [0, 0.05) is 0 Å². The molecule has 4 nitrogen and oxygen atoms in total. The Labute approximate surface area is 149 Å². The number of carbonyl (C=O) groups is 1. The lowest BCUT2D eigenvalue weighted by Crippen LogP contribution is -2.05. The number of nitriles is 1. The van der Waals surface area contributed by atoms with Gasteiger partial charge in [0.05, 0.1) is 27.8 Å². The minimum Gasteiger partial charge on any atom is -0.490 e. The summed E-state index contributed by atoms with van der Waals surface area (Å²) in [5.41, 5.74) is 2.16. The average molecular weight is 386 g/mol. The highest BCUT2D eigenvalue weighted by atomic mass is 79.9. The number of hydrogen-bond donors (Lipinski definition) is 1. The van der Waals surface area contributed by atoms with Crippen molar-refractivity contribution in [3.8, 4) is 11.8 Å². The Morgan fingerprint density at radius 3 is 2.33 bits per heavy atom. The van der Waals surface area contributed by atoms with Crippen molar-refractivity contribution in [2.75, 3.05) is 0 Å². The minimum atomic E-state index is -0.992.